The summed E-state index contributed by atoms with van der Waals surface area (Å²) in [6.45, 7) is 7.20. The molecule has 4 rings (SSSR count). The maximum atomic E-state index is 13.7. The number of halogens is 1. The van der Waals surface area contributed by atoms with Crippen LogP contribution < -0.4 is 0 Å². The summed E-state index contributed by atoms with van der Waals surface area (Å²) in [6, 6.07) is 4.93. The highest BCUT2D eigenvalue weighted by atomic mass is 19.1. The van der Waals surface area contributed by atoms with Gasteiger partial charge >= 0.3 is 0 Å². The SMILES string of the molecule is Cc1ccc(C(=O)N2CCN(C3=NC=CN4C[C@H](C)N=C34)CC2)cc1F. The summed E-state index contributed by atoms with van der Waals surface area (Å²) < 4.78 is 13.7. The Hall–Kier alpha value is -2.70. The van der Waals surface area contributed by atoms with E-state index < -0.39 is 0 Å². The number of carbonyl (C=O) groups excluding carboxylic acids is 1. The summed E-state index contributed by atoms with van der Waals surface area (Å²) in [6.07, 6.45) is 3.76. The maximum Gasteiger partial charge on any atom is 0.254 e. The molecule has 1 amide bonds. The van der Waals surface area contributed by atoms with E-state index in [2.05, 4.69) is 26.7 Å². The van der Waals surface area contributed by atoms with Crippen molar-refractivity contribution in [3.63, 3.8) is 0 Å². The predicted octanol–water partition coefficient (Wildman–Crippen LogP) is 1.88. The second-order valence-corrected chi connectivity index (χ2v) is 6.95. The van der Waals surface area contributed by atoms with Gasteiger partial charge in [0.2, 0.25) is 0 Å². The molecule has 6 nitrogen and oxygen atoms in total. The van der Waals surface area contributed by atoms with Crippen LogP contribution in [0.5, 0.6) is 0 Å². The van der Waals surface area contributed by atoms with E-state index in [1.54, 1.807) is 30.2 Å². The lowest BCUT2D eigenvalue weighted by atomic mass is 10.1. The minimum Gasteiger partial charge on any atom is -0.350 e. The highest BCUT2D eigenvalue weighted by molar-refractivity contribution is 6.41. The second kappa shape index (κ2) is 6.55. The summed E-state index contributed by atoms with van der Waals surface area (Å²) >= 11 is 0. The lowest BCUT2D eigenvalue weighted by molar-refractivity contribution is 0.0692. The molecule has 0 aromatic heterocycles. The first kappa shape index (κ1) is 16.8. The molecule has 3 aliphatic rings. The van der Waals surface area contributed by atoms with Gasteiger partial charge in [0.05, 0.1) is 6.04 Å². The van der Waals surface area contributed by atoms with E-state index in [0.29, 0.717) is 37.3 Å². The fraction of sp³-hybridized carbons (Fsp3) is 0.421. The van der Waals surface area contributed by atoms with Gasteiger partial charge in [-0.3, -0.25) is 9.79 Å². The number of aliphatic imine (C=N–C) groups is 2. The Morgan fingerprint density at radius 1 is 1.19 bits per heavy atom. The van der Waals surface area contributed by atoms with E-state index in [1.807, 2.05) is 6.20 Å². The molecule has 7 heteroatoms. The maximum absolute atomic E-state index is 13.7. The molecule has 1 saturated heterocycles. The fourth-order valence-electron chi connectivity index (χ4n) is 3.51. The van der Waals surface area contributed by atoms with Gasteiger partial charge in [-0.1, -0.05) is 6.07 Å². The van der Waals surface area contributed by atoms with Crippen molar-refractivity contribution in [2.24, 2.45) is 9.98 Å². The number of carbonyl (C=O) groups is 1. The highest BCUT2D eigenvalue weighted by Crippen LogP contribution is 2.18. The van der Waals surface area contributed by atoms with Gasteiger partial charge in [0.1, 0.15) is 5.82 Å². The van der Waals surface area contributed by atoms with Gasteiger partial charge in [-0.25, -0.2) is 9.38 Å². The van der Waals surface area contributed by atoms with Crippen LogP contribution >= 0.6 is 0 Å². The van der Waals surface area contributed by atoms with Gasteiger partial charge in [-0.05, 0) is 31.5 Å². The van der Waals surface area contributed by atoms with Crippen LogP contribution in [0.3, 0.4) is 0 Å². The van der Waals surface area contributed by atoms with Crippen LogP contribution in [-0.2, 0) is 0 Å². The van der Waals surface area contributed by atoms with E-state index >= 15 is 0 Å². The van der Waals surface area contributed by atoms with Gasteiger partial charge in [0, 0.05) is 50.7 Å². The molecule has 1 aromatic rings. The molecule has 0 spiro atoms. The molecule has 0 N–H and O–H groups in total. The summed E-state index contributed by atoms with van der Waals surface area (Å²) in [5.74, 6) is 1.33. The molecule has 1 aromatic carbocycles. The third kappa shape index (κ3) is 2.98. The van der Waals surface area contributed by atoms with Crippen LogP contribution in [0.1, 0.15) is 22.8 Å². The molecular weight excluding hydrogens is 333 g/mol. The van der Waals surface area contributed by atoms with Crippen molar-refractivity contribution in [2.45, 2.75) is 19.9 Å². The normalized spacial score (nSPS) is 22.3. The molecule has 1 atom stereocenters. The van der Waals surface area contributed by atoms with E-state index in [4.69, 9.17) is 0 Å². The molecular formula is C19H22FN5O. The van der Waals surface area contributed by atoms with Crippen molar-refractivity contribution in [1.29, 1.82) is 0 Å². The Morgan fingerprint density at radius 2 is 1.96 bits per heavy atom. The Kier molecular flexibility index (Phi) is 4.22. The predicted molar refractivity (Wildman–Crippen MR) is 98.8 cm³/mol. The Balaban J connectivity index is 1.43. The lowest BCUT2D eigenvalue weighted by Gasteiger charge is -2.37. The Morgan fingerprint density at radius 3 is 2.69 bits per heavy atom. The number of amidine groups is 2. The molecule has 1 fully saturated rings. The first-order chi connectivity index (χ1) is 12.5. The van der Waals surface area contributed by atoms with E-state index in [0.717, 1.165) is 18.2 Å². The first-order valence-electron chi connectivity index (χ1n) is 8.92. The highest BCUT2D eigenvalue weighted by Gasteiger charge is 2.32. The first-order valence-corrected chi connectivity index (χ1v) is 8.92. The number of benzene rings is 1. The van der Waals surface area contributed by atoms with Crippen LogP contribution in [0.25, 0.3) is 0 Å². The number of nitrogens with zero attached hydrogens (tertiary/aromatic N) is 5. The Bertz CT molecular complexity index is 823. The number of fused-ring (bicyclic) bond motifs is 1. The Labute approximate surface area is 152 Å². The zero-order valence-electron chi connectivity index (χ0n) is 15.0. The molecule has 0 aliphatic carbocycles. The van der Waals surface area contributed by atoms with Crippen molar-refractivity contribution < 1.29 is 9.18 Å². The van der Waals surface area contributed by atoms with Crippen LogP contribution in [-0.4, -0.2) is 71.0 Å². The van der Waals surface area contributed by atoms with Crippen molar-refractivity contribution in [2.75, 3.05) is 32.7 Å². The molecule has 3 aliphatic heterocycles. The van der Waals surface area contributed by atoms with Gasteiger partial charge in [0.15, 0.2) is 11.7 Å². The molecule has 0 saturated carbocycles. The van der Waals surface area contributed by atoms with E-state index in [-0.39, 0.29) is 17.8 Å². The lowest BCUT2D eigenvalue weighted by Crippen LogP contribution is -2.53. The number of rotatable bonds is 1. The van der Waals surface area contributed by atoms with E-state index in [1.165, 1.54) is 6.07 Å². The number of piperazine rings is 1. The third-order valence-corrected chi connectivity index (χ3v) is 5.00. The summed E-state index contributed by atoms with van der Waals surface area (Å²) in [7, 11) is 0. The topological polar surface area (TPSA) is 51.5 Å². The summed E-state index contributed by atoms with van der Waals surface area (Å²) in [5.41, 5.74) is 0.950. The largest absolute Gasteiger partial charge is 0.350 e. The van der Waals surface area contributed by atoms with Crippen LogP contribution in [0.4, 0.5) is 4.39 Å². The van der Waals surface area contributed by atoms with Crippen LogP contribution in [0.15, 0.2) is 40.6 Å². The van der Waals surface area contributed by atoms with Gasteiger partial charge in [-0.15, -0.1) is 0 Å². The molecule has 0 radical (unpaired) electrons. The van der Waals surface area contributed by atoms with Crippen molar-refractivity contribution >= 4 is 17.6 Å². The molecule has 0 bridgehead atoms. The van der Waals surface area contributed by atoms with Crippen LogP contribution in [0.2, 0.25) is 0 Å². The zero-order valence-corrected chi connectivity index (χ0v) is 15.0. The average molecular weight is 355 g/mol. The van der Waals surface area contributed by atoms with Gasteiger partial charge < -0.3 is 14.7 Å². The molecule has 136 valence electrons. The molecule has 0 unspecified atom stereocenters. The average Bonchev–Trinajstić information content (AvgIpc) is 3.03. The zero-order chi connectivity index (χ0) is 18.3. The smallest absolute Gasteiger partial charge is 0.254 e. The van der Waals surface area contributed by atoms with Crippen molar-refractivity contribution in [1.82, 2.24) is 14.7 Å². The van der Waals surface area contributed by atoms with Gasteiger partial charge in [-0.2, -0.15) is 0 Å². The quantitative estimate of drug-likeness (QED) is 0.773. The minimum absolute atomic E-state index is 0.123. The number of hydrogen-bond donors (Lipinski definition) is 0. The minimum atomic E-state index is -0.341. The number of amides is 1. The van der Waals surface area contributed by atoms with Crippen molar-refractivity contribution in [3.05, 3.63) is 47.5 Å². The monoisotopic (exact) mass is 355 g/mol. The standard InChI is InChI=1S/C19H22FN5O/c1-13-3-4-15(11-16(13)20)19(26)24-9-7-23(8-10-24)17-18-22-14(2)12-25(18)6-5-21-17/h3-6,11,14H,7-10,12H2,1-2H3/t14-/m0/s1. The van der Waals surface area contributed by atoms with Gasteiger partial charge in [0.25, 0.3) is 5.91 Å². The number of hydrogen-bond acceptors (Lipinski definition) is 5. The third-order valence-electron chi connectivity index (χ3n) is 5.00. The summed E-state index contributed by atoms with van der Waals surface area (Å²) in [5, 5.41) is 0. The van der Waals surface area contributed by atoms with Crippen LogP contribution in [0, 0.1) is 12.7 Å². The number of aryl methyl sites for hydroxylation is 1. The fourth-order valence-corrected chi connectivity index (χ4v) is 3.51. The molecule has 3 heterocycles. The van der Waals surface area contributed by atoms with Crippen molar-refractivity contribution in [3.8, 4) is 0 Å². The summed E-state index contributed by atoms with van der Waals surface area (Å²) in [4.78, 5) is 27.9. The molecule has 26 heavy (non-hydrogen) atoms. The second-order valence-electron chi connectivity index (χ2n) is 6.95. The van der Waals surface area contributed by atoms with E-state index in [9.17, 15) is 9.18 Å².